The maximum Gasteiger partial charge on any atom is 0.306 e. The van der Waals surface area contributed by atoms with Crippen molar-refractivity contribution < 1.29 is 28.6 Å². The van der Waals surface area contributed by atoms with Gasteiger partial charge in [-0.25, -0.2) is 0 Å². The summed E-state index contributed by atoms with van der Waals surface area (Å²) < 4.78 is 17.0. The Morgan fingerprint density at radius 3 is 0.756 bits per heavy atom. The van der Waals surface area contributed by atoms with E-state index in [1.165, 1.54) is 257 Å². The van der Waals surface area contributed by atoms with Gasteiger partial charge in [0.15, 0.2) is 6.10 Å². The summed E-state index contributed by atoms with van der Waals surface area (Å²) in [7, 11) is 0. The second kappa shape index (κ2) is 70.9. The van der Waals surface area contributed by atoms with E-state index in [4.69, 9.17) is 14.2 Å². The lowest BCUT2D eigenvalue weighted by atomic mass is 10.0. The molecule has 0 radical (unpaired) electrons. The van der Waals surface area contributed by atoms with E-state index < -0.39 is 6.10 Å². The van der Waals surface area contributed by atoms with Crippen LogP contribution in [-0.4, -0.2) is 37.2 Å². The van der Waals surface area contributed by atoms with Gasteiger partial charge in [-0.05, 0) is 77.0 Å². The van der Waals surface area contributed by atoms with Crippen molar-refractivity contribution >= 4 is 17.9 Å². The summed E-state index contributed by atoms with van der Waals surface area (Å²) in [4.78, 5) is 38.4. The van der Waals surface area contributed by atoms with E-state index in [1.807, 2.05) is 0 Å². The van der Waals surface area contributed by atoms with Crippen LogP contribution in [0.25, 0.3) is 0 Å². The van der Waals surface area contributed by atoms with Gasteiger partial charge in [-0.1, -0.05) is 352 Å². The van der Waals surface area contributed by atoms with Crippen molar-refractivity contribution in [2.45, 2.75) is 406 Å². The van der Waals surface area contributed by atoms with Gasteiger partial charge in [0, 0.05) is 19.3 Å². The third-order valence-electron chi connectivity index (χ3n) is 16.6. The van der Waals surface area contributed by atoms with Gasteiger partial charge in [0.1, 0.15) is 13.2 Å². The Bertz CT molecular complexity index is 1410. The molecule has 0 heterocycles. The van der Waals surface area contributed by atoms with Crippen molar-refractivity contribution in [3.05, 3.63) is 48.6 Å². The highest BCUT2D eigenvalue weighted by Gasteiger charge is 2.19. The normalized spacial score (nSPS) is 12.3. The summed E-state index contributed by atoms with van der Waals surface area (Å²) in [5.41, 5.74) is 0. The molecule has 1 unspecified atom stereocenters. The predicted molar refractivity (Wildman–Crippen MR) is 358 cm³/mol. The van der Waals surface area contributed by atoms with Crippen molar-refractivity contribution in [2.24, 2.45) is 0 Å². The van der Waals surface area contributed by atoms with Crippen LogP contribution in [0.5, 0.6) is 0 Å². The highest BCUT2D eigenvalue weighted by molar-refractivity contribution is 5.71. The number of rotatable bonds is 68. The van der Waals surface area contributed by atoms with Gasteiger partial charge in [0.2, 0.25) is 0 Å². The molecule has 0 spiro atoms. The zero-order chi connectivity index (χ0) is 59.2. The summed E-state index contributed by atoms with van der Waals surface area (Å²) in [6, 6.07) is 0. The van der Waals surface area contributed by atoms with Crippen LogP contribution in [0.15, 0.2) is 48.6 Å². The number of hydrogen-bond acceptors (Lipinski definition) is 6. The fourth-order valence-electron chi connectivity index (χ4n) is 11.1. The second-order valence-corrected chi connectivity index (χ2v) is 24.8. The van der Waals surface area contributed by atoms with Crippen molar-refractivity contribution in [1.29, 1.82) is 0 Å². The van der Waals surface area contributed by atoms with Crippen LogP contribution in [-0.2, 0) is 28.6 Å². The summed E-state index contributed by atoms with van der Waals surface area (Å²) in [5.74, 6) is -0.882. The molecular weight excluding hydrogens is 1010 g/mol. The molecule has 480 valence electrons. The third kappa shape index (κ3) is 68.2. The van der Waals surface area contributed by atoms with Crippen LogP contribution in [0, 0.1) is 0 Å². The van der Waals surface area contributed by atoms with Crippen LogP contribution >= 0.6 is 0 Å². The Kier molecular flexibility index (Phi) is 68.6. The number of allylic oxidation sites excluding steroid dienone is 8. The number of ether oxygens (including phenoxy) is 3. The Morgan fingerprint density at radius 2 is 0.476 bits per heavy atom. The molecule has 0 aromatic rings. The van der Waals surface area contributed by atoms with E-state index in [0.717, 1.165) is 103 Å². The minimum atomic E-state index is -0.785. The molecule has 0 aliphatic heterocycles. The molecule has 0 aliphatic rings. The minimum Gasteiger partial charge on any atom is -0.462 e. The highest BCUT2D eigenvalue weighted by atomic mass is 16.6. The lowest BCUT2D eigenvalue weighted by Gasteiger charge is -2.18. The molecular formula is C76H140O6. The Morgan fingerprint density at radius 1 is 0.256 bits per heavy atom. The van der Waals surface area contributed by atoms with Gasteiger partial charge in [-0.15, -0.1) is 0 Å². The summed E-state index contributed by atoms with van der Waals surface area (Å²) in [6.07, 6.45) is 90.3. The molecule has 0 N–H and O–H groups in total. The van der Waals surface area contributed by atoms with Gasteiger partial charge < -0.3 is 14.2 Å². The van der Waals surface area contributed by atoms with Crippen LogP contribution in [0.3, 0.4) is 0 Å². The largest absolute Gasteiger partial charge is 0.462 e. The first-order valence-corrected chi connectivity index (χ1v) is 36.6. The lowest BCUT2D eigenvalue weighted by molar-refractivity contribution is -0.167. The first kappa shape index (κ1) is 79.4. The van der Waals surface area contributed by atoms with E-state index in [9.17, 15) is 14.4 Å². The third-order valence-corrected chi connectivity index (χ3v) is 16.6. The molecule has 82 heavy (non-hydrogen) atoms. The Hall–Kier alpha value is -2.63. The predicted octanol–water partition coefficient (Wildman–Crippen LogP) is 25.3. The topological polar surface area (TPSA) is 78.9 Å². The van der Waals surface area contributed by atoms with Crippen molar-refractivity contribution in [3.63, 3.8) is 0 Å². The maximum atomic E-state index is 12.9. The van der Waals surface area contributed by atoms with Crippen LogP contribution in [0.4, 0.5) is 0 Å². The molecule has 1 atom stereocenters. The van der Waals surface area contributed by atoms with Crippen molar-refractivity contribution in [1.82, 2.24) is 0 Å². The molecule has 0 amide bonds. The van der Waals surface area contributed by atoms with Crippen LogP contribution in [0.1, 0.15) is 400 Å². The first-order chi connectivity index (χ1) is 40.5. The molecule has 0 fully saturated rings. The van der Waals surface area contributed by atoms with Gasteiger partial charge in [-0.3, -0.25) is 14.4 Å². The highest BCUT2D eigenvalue weighted by Crippen LogP contribution is 2.19. The second-order valence-electron chi connectivity index (χ2n) is 24.8. The summed E-state index contributed by atoms with van der Waals surface area (Å²) in [6.45, 7) is 6.57. The van der Waals surface area contributed by atoms with E-state index in [0.29, 0.717) is 19.3 Å². The maximum absolute atomic E-state index is 12.9. The molecule has 0 saturated heterocycles. The van der Waals surface area contributed by atoms with Gasteiger partial charge in [0.05, 0.1) is 0 Å². The molecule has 0 aromatic carbocycles. The monoisotopic (exact) mass is 1150 g/mol. The smallest absolute Gasteiger partial charge is 0.306 e. The van der Waals surface area contributed by atoms with Gasteiger partial charge in [-0.2, -0.15) is 0 Å². The molecule has 0 saturated carbocycles. The standard InChI is InChI=1S/C76H140O6/c1-4-7-10-13-16-19-22-25-28-29-30-31-32-33-34-35-36-37-38-39-40-41-42-43-44-45-46-49-51-54-57-60-63-66-69-75(78)81-72-73(82-76(79)70-67-64-61-58-55-52-48-27-24-21-18-15-12-9-6-3)71-80-74(77)68-65-62-59-56-53-50-47-26-23-20-17-14-11-8-5-2/h9,12,18,21,26-27,47-48,73H,4-8,10-11,13-17,19-20,22-25,28-46,49-72H2,1-3H3/b12-9-,21-18-,47-26-,48-27-. The fraction of sp³-hybridized carbons (Fsp3) is 0.855. The first-order valence-electron chi connectivity index (χ1n) is 36.6. The van der Waals surface area contributed by atoms with Crippen LogP contribution < -0.4 is 0 Å². The molecule has 0 rings (SSSR count). The fourth-order valence-corrected chi connectivity index (χ4v) is 11.1. The lowest BCUT2D eigenvalue weighted by Crippen LogP contribution is -2.30. The average Bonchev–Trinajstić information content (AvgIpc) is 3.47. The van der Waals surface area contributed by atoms with E-state index >= 15 is 0 Å². The minimum absolute atomic E-state index is 0.0792. The zero-order valence-electron chi connectivity index (χ0n) is 55.3. The zero-order valence-corrected chi connectivity index (χ0v) is 55.3. The van der Waals surface area contributed by atoms with E-state index in [2.05, 4.69) is 69.4 Å². The summed E-state index contributed by atoms with van der Waals surface area (Å²) in [5, 5.41) is 0. The molecule has 6 nitrogen and oxygen atoms in total. The number of unbranched alkanes of at least 4 members (excludes halogenated alkanes) is 49. The van der Waals surface area contributed by atoms with Crippen LogP contribution in [0.2, 0.25) is 0 Å². The van der Waals surface area contributed by atoms with Crippen molar-refractivity contribution in [3.8, 4) is 0 Å². The Balaban J connectivity index is 4.09. The number of carbonyl (C=O) groups is 3. The van der Waals surface area contributed by atoms with E-state index in [-0.39, 0.29) is 31.1 Å². The van der Waals surface area contributed by atoms with Gasteiger partial charge >= 0.3 is 17.9 Å². The number of esters is 3. The molecule has 0 aromatic heterocycles. The molecule has 0 aliphatic carbocycles. The summed E-state index contributed by atoms with van der Waals surface area (Å²) >= 11 is 0. The quantitative estimate of drug-likeness (QED) is 0.0261. The average molecular weight is 1150 g/mol. The molecule has 0 bridgehead atoms. The Labute approximate surface area is 511 Å². The van der Waals surface area contributed by atoms with Crippen molar-refractivity contribution in [2.75, 3.05) is 13.2 Å². The van der Waals surface area contributed by atoms with E-state index in [1.54, 1.807) is 0 Å². The number of hydrogen-bond donors (Lipinski definition) is 0. The SMILES string of the molecule is CC/C=C\C/C=C\C/C=C\CCCCCCCC(=O)OC(COC(=O)CCCCCCC/C=C\CCCCCCCC)COC(=O)CCCCCCCCCCCCCCCCCCCCCCCCCCCCCCCCCCCC. The number of carbonyl (C=O) groups excluding carboxylic acids is 3. The van der Waals surface area contributed by atoms with Gasteiger partial charge in [0.25, 0.3) is 0 Å². The molecule has 6 heteroatoms.